The van der Waals surface area contributed by atoms with Gasteiger partial charge < -0.3 is 10.1 Å². The van der Waals surface area contributed by atoms with Crippen molar-refractivity contribution < 1.29 is 14.3 Å². The Morgan fingerprint density at radius 1 is 1.32 bits per heavy atom. The number of anilines is 1. The van der Waals surface area contributed by atoms with Gasteiger partial charge in [0, 0.05) is 24.1 Å². The third kappa shape index (κ3) is 3.02. The van der Waals surface area contributed by atoms with Crippen LogP contribution in [0.15, 0.2) is 23.8 Å². The molecule has 4 nitrogen and oxygen atoms in total. The van der Waals surface area contributed by atoms with Crippen LogP contribution in [0.1, 0.15) is 31.4 Å². The highest BCUT2D eigenvalue weighted by atomic mass is 16.5. The first-order valence-electron chi connectivity index (χ1n) is 6.44. The van der Waals surface area contributed by atoms with Gasteiger partial charge in [0.25, 0.3) is 0 Å². The van der Waals surface area contributed by atoms with Crippen molar-refractivity contribution in [1.29, 1.82) is 0 Å². The van der Waals surface area contributed by atoms with Crippen molar-refractivity contribution in [1.82, 2.24) is 0 Å². The van der Waals surface area contributed by atoms with E-state index in [0.717, 1.165) is 16.8 Å². The van der Waals surface area contributed by atoms with Gasteiger partial charge in [-0.15, -0.1) is 0 Å². The van der Waals surface area contributed by atoms with E-state index < -0.39 is 0 Å². The van der Waals surface area contributed by atoms with Crippen LogP contribution in [0.25, 0.3) is 6.08 Å². The van der Waals surface area contributed by atoms with Gasteiger partial charge in [-0.05, 0) is 36.3 Å². The minimum Gasteiger partial charge on any atom is -0.463 e. The molecule has 0 spiro atoms. The first kappa shape index (κ1) is 13.3. The minimum absolute atomic E-state index is 0.0208. The lowest BCUT2D eigenvalue weighted by Gasteiger charge is -2.05. The number of hydrogen-bond donors (Lipinski definition) is 1. The fraction of sp³-hybridized carbons (Fsp3) is 0.333. The summed E-state index contributed by atoms with van der Waals surface area (Å²) in [6, 6.07) is 5.67. The van der Waals surface area contributed by atoms with Crippen LogP contribution in [0.2, 0.25) is 0 Å². The monoisotopic (exact) mass is 259 g/mol. The topological polar surface area (TPSA) is 55.4 Å². The molecule has 1 aliphatic rings. The second-order valence-electron chi connectivity index (χ2n) is 4.38. The van der Waals surface area contributed by atoms with Crippen molar-refractivity contribution in [2.75, 3.05) is 11.9 Å². The molecule has 0 unspecified atom stereocenters. The van der Waals surface area contributed by atoms with Crippen molar-refractivity contribution in [2.45, 2.75) is 26.7 Å². The number of amides is 1. The van der Waals surface area contributed by atoms with E-state index in [0.29, 0.717) is 25.0 Å². The highest BCUT2D eigenvalue weighted by Gasteiger charge is 2.19. The zero-order chi connectivity index (χ0) is 13.8. The van der Waals surface area contributed by atoms with Crippen LogP contribution in [0, 0.1) is 0 Å². The summed E-state index contributed by atoms with van der Waals surface area (Å²) in [4.78, 5) is 23.0. The van der Waals surface area contributed by atoms with Crippen molar-refractivity contribution in [2.24, 2.45) is 0 Å². The zero-order valence-corrected chi connectivity index (χ0v) is 11.2. The summed E-state index contributed by atoms with van der Waals surface area (Å²) in [6.07, 6.45) is 2.87. The van der Waals surface area contributed by atoms with E-state index in [1.54, 1.807) is 6.92 Å². The Kier molecular flexibility index (Phi) is 4.00. The second-order valence-corrected chi connectivity index (χ2v) is 4.38. The molecule has 0 aliphatic heterocycles. The van der Waals surface area contributed by atoms with Gasteiger partial charge in [0.15, 0.2) is 0 Å². The highest BCUT2D eigenvalue weighted by molar-refractivity contribution is 5.97. The molecule has 0 saturated heterocycles. The van der Waals surface area contributed by atoms with Crippen LogP contribution in [-0.4, -0.2) is 18.5 Å². The third-order valence-corrected chi connectivity index (χ3v) is 3.00. The zero-order valence-electron chi connectivity index (χ0n) is 11.2. The molecule has 100 valence electrons. The molecule has 0 radical (unpaired) electrons. The Bertz CT molecular complexity index is 546. The van der Waals surface area contributed by atoms with Crippen LogP contribution in [0.4, 0.5) is 5.69 Å². The number of esters is 1. The molecule has 0 aromatic heterocycles. The summed E-state index contributed by atoms with van der Waals surface area (Å²) in [7, 11) is 0. The normalized spacial score (nSPS) is 12.6. The standard InChI is InChI=1S/C15H17NO3/c1-3-14(17)16-13-6-5-10-7-12(8-11(10)9-13)15(18)19-4-2/h5-6,8-9H,3-4,7H2,1-2H3,(H,16,17). The van der Waals surface area contributed by atoms with Gasteiger partial charge in [-0.3, -0.25) is 4.79 Å². The van der Waals surface area contributed by atoms with Crippen molar-refractivity contribution >= 4 is 23.6 Å². The summed E-state index contributed by atoms with van der Waals surface area (Å²) in [5.74, 6) is -0.287. The van der Waals surface area contributed by atoms with Crippen LogP contribution in [0.5, 0.6) is 0 Å². The van der Waals surface area contributed by atoms with Crippen LogP contribution >= 0.6 is 0 Å². The smallest absolute Gasteiger partial charge is 0.334 e. The number of ether oxygens (including phenoxy) is 1. The fourth-order valence-electron chi connectivity index (χ4n) is 2.02. The molecule has 1 N–H and O–H groups in total. The van der Waals surface area contributed by atoms with Gasteiger partial charge in [0.2, 0.25) is 5.91 Å². The van der Waals surface area contributed by atoms with Crippen molar-refractivity contribution in [3.8, 4) is 0 Å². The first-order chi connectivity index (χ1) is 9.13. The number of carbonyl (C=O) groups excluding carboxylic acids is 2. The summed E-state index contributed by atoms with van der Waals surface area (Å²) < 4.78 is 4.99. The van der Waals surface area contributed by atoms with E-state index in [1.807, 2.05) is 31.2 Å². The molecule has 1 aliphatic carbocycles. The molecule has 0 bridgehead atoms. The highest BCUT2D eigenvalue weighted by Crippen LogP contribution is 2.28. The first-order valence-corrected chi connectivity index (χ1v) is 6.44. The van der Waals surface area contributed by atoms with Gasteiger partial charge >= 0.3 is 5.97 Å². The molecule has 1 aromatic rings. The molecule has 4 heteroatoms. The molecular formula is C15H17NO3. The van der Waals surface area contributed by atoms with E-state index in [9.17, 15) is 9.59 Å². The van der Waals surface area contributed by atoms with E-state index in [4.69, 9.17) is 4.74 Å². The maximum Gasteiger partial charge on any atom is 0.334 e. The maximum atomic E-state index is 11.7. The molecule has 0 heterocycles. The molecule has 0 saturated carbocycles. The number of fused-ring (bicyclic) bond motifs is 1. The Morgan fingerprint density at radius 3 is 2.79 bits per heavy atom. The number of nitrogens with one attached hydrogen (secondary N) is 1. The number of rotatable bonds is 4. The van der Waals surface area contributed by atoms with E-state index >= 15 is 0 Å². The lowest BCUT2D eigenvalue weighted by Crippen LogP contribution is -2.09. The van der Waals surface area contributed by atoms with E-state index in [1.165, 1.54) is 0 Å². The average Bonchev–Trinajstić information content (AvgIpc) is 2.82. The van der Waals surface area contributed by atoms with E-state index in [2.05, 4.69) is 5.32 Å². The Morgan fingerprint density at radius 2 is 2.11 bits per heavy atom. The van der Waals surface area contributed by atoms with Crippen LogP contribution in [0.3, 0.4) is 0 Å². The molecule has 1 amide bonds. The largest absolute Gasteiger partial charge is 0.463 e. The van der Waals surface area contributed by atoms with Gasteiger partial charge in [-0.1, -0.05) is 13.0 Å². The lowest BCUT2D eigenvalue weighted by molar-refractivity contribution is -0.138. The maximum absolute atomic E-state index is 11.7. The van der Waals surface area contributed by atoms with Crippen molar-refractivity contribution in [3.63, 3.8) is 0 Å². The second kappa shape index (κ2) is 5.69. The minimum atomic E-state index is -0.266. The quantitative estimate of drug-likeness (QED) is 0.845. The van der Waals surface area contributed by atoms with Gasteiger partial charge in [-0.25, -0.2) is 4.79 Å². The number of benzene rings is 1. The van der Waals surface area contributed by atoms with Gasteiger partial charge in [-0.2, -0.15) is 0 Å². The van der Waals surface area contributed by atoms with Crippen LogP contribution < -0.4 is 5.32 Å². The predicted molar refractivity (Wildman–Crippen MR) is 73.7 cm³/mol. The molecule has 0 atom stereocenters. The Hall–Kier alpha value is -2.10. The summed E-state index contributed by atoms with van der Waals surface area (Å²) >= 11 is 0. The van der Waals surface area contributed by atoms with Crippen LogP contribution in [-0.2, 0) is 20.7 Å². The lowest BCUT2D eigenvalue weighted by atomic mass is 10.1. The molecular weight excluding hydrogens is 242 g/mol. The Balaban J connectivity index is 2.16. The summed E-state index contributed by atoms with van der Waals surface area (Å²) in [5.41, 5.74) is 3.47. The number of carbonyl (C=O) groups is 2. The Labute approximate surface area is 112 Å². The predicted octanol–water partition coefficient (Wildman–Crippen LogP) is 2.54. The van der Waals surface area contributed by atoms with Crippen molar-refractivity contribution in [3.05, 3.63) is 34.9 Å². The molecule has 1 aromatic carbocycles. The van der Waals surface area contributed by atoms with Gasteiger partial charge in [0.05, 0.1) is 6.61 Å². The average molecular weight is 259 g/mol. The third-order valence-electron chi connectivity index (χ3n) is 3.00. The molecule has 0 fully saturated rings. The summed E-state index contributed by atoms with van der Waals surface area (Å²) in [5, 5.41) is 2.81. The SMILES string of the molecule is CCOC(=O)C1=Cc2cc(NC(=O)CC)ccc2C1. The fourth-order valence-corrected chi connectivity index (χ4v) is 2.02. The molecule has 2 rings (SSSR count). The summed E-state index contributed by atoms with van der Waals surface area (Å²) in [6.45, 7) is 3.98. The van der Waals surface area contributed by atoms with Gasteiger partial charge in [0.1, 0.15) is 0 Å². The number of hydrogen-bond acceptors (Lipinski definition) is 3. The molecule has 19 heavy (non-hydrogen) atoms. The van der Waals surface area contributed by atoms with E-state index in [-0.39, 0.29) is 11.9 Å².